The molecule has 3 rings (SSSR count). The fourth-order valence-electron chi connectivity index (χ4n) is 3.38. The van der Waals surface area contributed by atoms with Gasteiger partial charge in [0.2, 0.25) is 15.9 Å². The minimum atomic E-state index is -4.12. The van der Waals surface area contributed by atoms with E-state index >= 15 is 0 Å². The standard InChI is InChI=1S/C24H24Cl2N2O3S/c1-3-18-11-7-8-16(2)23(18)27-24(29)21(14-17-9-5-4-6-10-17)28-32(30,31)22-15-19(25)12-13-20(22)26/h4-13,15,21,28H,3,14H2,1-2H3,(H,27,29)/t21-/m0/s1. The van der Waals surface area contributed by atoms with E-state index < -0.39 is 22.0 Å². The summed E-state index contributed by atoms with van der Waals surface area (Å²) in [6, 6.07) is 18.1. The van der Waals surface area contributed by atoms with Crippen LogP contribution in [-0.4, -0.2) is 20.4 Å². The number of hydrogen-bond acceptors (Lipinski definition) is 3. The van der Waals surface area contributed by atoms with Crippen LogP contribution in [0.2, 0.25) is 10.0 Å². The van der Waals surface area contributed by atoms with E-state index in [0.717, 1.165) is 23.1 Å². The molecule has 0 heterocycles. The second-order valence-corrected chi connectivity index (χ2v) is 9.92. The Morgan fingerprint density at radius 1 is 1.00 bits per heavy atom. The summed E-state index contributed by atoms with van der Waals surface area (Å²) in [7, 11) is -4.12. The zero-order valence-electron chi connectivity index (χ0n) is 17.7. The average molecular weight is 491 g/mol. The average Bonchev–Trinajstić information content (AvgIpc) is 2.76. The largest absolute Gasteiger partial charge is 0.324 e. The van der Waals surface area contributed by atoms with Gasteiger partial charge in [0.1, 0.15) is 10.9 Å². The van der Waals surface area contributed by atoms with E-state index in [1.807, 2.05) is 62.4 Å². The number of carbonyl (C=O) groups excluding carboxylic acids is 1. The first-order valence-corrected chi connectivity index (χ1v) is 12.4. The minimum absolute atomic E-state index is 0.0212. The molecular formula is C24H24Cl2N2O3S. The molecule has 0 saturated carbocycles. The highest BCUT2D eigenvalue weighted by molar-refractivity contribution is 7.89. The first-order valence-electron chi connectivity index (χ1n) is 10.1. The van der Waals surface area contributed by atoms with Crippen molar-refractivity contribution < 1.29 is 13.2 Å². The van der Waals surface area contributed by atoms with Crippen LogP contribution in [0.1, 0.15) is 23.6 Å². The number of hydrogen-bond donors (Lipinski definition) is 2. The maximum atomic E-state index is 13.3. The zero-order valence-corrected chi connectivity index (χ0v) is 20.1. The molecule has 3 aromatic rings. The second kappa shape index (κ2) is 10.5. The van der Waals surface area contributed by atoms with E-state index in [0.29, 0.717) is 5.69 Å². The van der Waals surface area contributed by atoms with Crippen LogP contribution in [0, 0.1) is 6.92 Å². The quantitative estimate of drug-likeness (QED) is 0.444. The van der Waals surface area contributed by atoms with Crippen LogP contribution in [0.15, 0.2) is 71.6 Å². The van der Waals surface area contributed by atoms with Crippen molar-refractivity contribution >= 4 is 44.8 Å². The molecule has 0 radical (unpaired) electrons. The summed E-state index contributed by atoms with van der Waals surface area (Å²) in [4.78, 5) is 13.1. The van der Waals surface area contributed by atoms with Crippen LogP contribution in [-0.2, 0) is 27.7 Å². The Hall–Kier alpha value is -2.38. The van der Waals surface area contributed by atoms with Gasteiger partial charge in [-0.3, -0.25) is 4.79 Å². The molecule has 0 spiro atoms. The number of rotatable bonds is 8. The van der Waals surface area contributed by atoms with Gasteiger partial charge in [-0.25, -0.2) is 8.42 Å². The van der Waals surface area contributed by atoms with Crippen LogP contribution < -0.4 is 10.0 Å². The van der Waals surface area contributed by atoms with Gasteiger partial charge >= 0.3 is 0 Å². The van der Waals surface area contributed by atoms with Gasteiger partial charge in [-0.2, -0.15) is 4.72 Å². The van der Waals surface area contributed by atoms with Crippen molar-refractivity contribution in [3.05, 3.63) is 93.5 Å². The SMILES string of the molecule is CCc1cccc(C)c1NC(=O)[C@H](Cc1ccccc1)NS(=O)(=O)c1cc(Cl)ccc1Cl. The van der Waals surface area contributed by atoms with Crippen LogP contribution >= 0.6 is 23.2 Å². The van der Waals surface area contributed by atoms with Crippen molar-refractivity contribution in [3.8, 4) is 0 Å². The Bertz CT molecular complexity index is 1220. The molecule has 0 aromatic heterocycles. The molecule has 0 bridgehead atoms. The molecule has 2 N–H and O–H groups in total. The molecular weight excluding hydrogens is 467 g/mol. The fraction of sp³-hybridized carbons (Fsp3) is 0.208. The summed E-state index contributed by atoms with van der Waals surface area (Å²) in [5, 5.41) is 3.17. The van der Waals surface area contributed by atoms with Crippen molar-refractivity contribution in [1.82, 2.24) is 4.72 Å². The molecule has 1 amide bonds. The number of amides is 1. The molecule has 3 aromatic carbocycles. The summed E-state index contributed by atoms with van der Waals surface area (Å²) in [6.45, 7) is 3.90. The highest BCUT2D eigenvalue weighted by Gasteiger charge is 2.28. The number of carbonyl (C=O) groups is 1. The van der Waals surface area contributed by atoms with Crippen LogP contribution in [0.4, 0.5) is 5.69 Å². The molecule has 5 nitrogen and oxygen atoms in total. The molecule has 0 saturated heterocycles. The van der Waals surface area contributed by atoms with Gasteiger partial charge < -0.3 is 5.32 Å². The van der Waals surface area contributed by atoms with E-state index in [1.54, 1.807) is 0 Å². The van der Waals surface area contributed by atoms with Crippen molar-refractivity contribution in [2.24, 2.45) is 0 Å². The Labute approximate surface area is 198 Å². The van der Waals surface area contributed by atoms with Crippen molar-refractivity contribution in [2.75, 3.05) is 5.32 Å². The van der Waals surface area contributed by atoms with Crippen LogP contribution in [0.3, 0.4) is 0 Å². The molecule has 0 aliphatic heterocycles. The Morgan fingerprint density at radius 3 is 2.41 bits per heavy atom. The number of halogens is 2. The molecule has 0 aliphatic carbocycles. The number of anilines is 1. The lowest BCUT2D eigenvalue weighted by Crippen LogP contribution is -2.45. The summed E-state index contributed by atoms with van der Waals surface area (Å²) in [6.07, 6.45) is 0.891. The third-order valence-electron chi connectivity index (χ3n) is 5.07. The molecule has 0 unspecified atom stereocenters. The minimum Gasteiger partial charge on any atom is -0.324 e. The number of aryl methyl sites for hydroxylation is 2. The summed E-state index contributed by atoms with van der Waals surface area (Å²) >= 11 is 12.1. The number of sulfonamides is 1. The summed E-state index contributed by atoms with van der Waals surface area (Å²) in [5.74, 6) is -0.459. The third-order valence-corrected chi connectivity index (χ3v) is 7.26. The molecule has 32 heavy (non-hydrogen) atoms. The van der Waals surface area contributed by atoms with Crippen molar-refractivity contribution in [2.45, 2.75) is 37.6 Å². The summed E-state index contributed by atoms with van der Waals surface area (Å²) < 4.78 is 28.8. The molecule has 1 atom stereocenters. The van der Waals surface area contributed by atoms with E-state index in [-0.39, 0.29) is 21.4 Å². The Kier molecular flexibility index (Phi) is 7.96. The fourth-order valence-corrected chi connectivity index (χ4v) is 5.34. The van der Waals surface area contributed by atoms with Gasteiger partial charge in [-0.15, -0.1) is 0 Å². The maximum Gasteiger partial charge on any atom is 0.242 e. The topological polar surface area (TPSA) is 75.3 Å². The number of para-hydroxylation sites is 1. The molecule has 8 heteroatoms. The van der Waals surface area contributed by atoms with Crippen molar-refractivity contribution in [1.29, 1.82) is 0 Å². The summed E-state index contributed by atoms with van der Waals surface area (Å²) in [5.41, 5.74) is 3.38. The Balaban J connectivity index is 1.95. The molecule has 0 fully saturated rings. The lowest BCUT2D eigenvalue weighted by molar-refractivity contribution is -0.117. The number of nitrogens with one attached hydrogen (secondary N) is 2. The van der Waals surface area contributed by atoms with Crippen LogP contribution in [0.25, 0.3) is 0 Å². The van der Waals surface area contributed by atoms with E-state index in [2.05, 4.69) is 10.0 Å². The monoisotopic (exact) mass is 490 g/mol. The first-order chi connectivity index (χ1) is 15.2. The van der Waals surface area contributed by atoms with E-state index in [4.69, 9.17) is 23.2 Å². The smallest absolute Gasteiger partial charge is 0.242 e. The zero-order chi connectivity index (χ0) is 23.3. The van der Waals surface area contributed by atoms with Gasteiger partial charge in [-0.1, -0.05) is 78.7 Å². The second-order valence-electron chi connectivity index (χ2n) is 7.39. The number of benzene rings is 3. The molecule has 168 valence electrons. The third kappa shape index (κ3) is 5.90. The van der Waals surface area contributed by atoms with E-state index in [1.165, 1.54) is 18.2 Å². The predicted octanol–water partition coefficient (Wildman–Crippen LogP) is 5.39. The van der Waals surface area contributed by atoms with Gasteiger partial charge in [0, 0.05) is 10.7 Å². The van der Waals surface area contributed by atoms with Gasteiger partial charge in [-0.05, 0) is 54.7 Å². The lowest BCUT2D eigenvalue weighted by atomic mass is 10.0. The van der Waals surface area contributed by atoms with Gasteiger partial charge in [0.15, 0.2) is 0 Å². The predicted molar refractivity (Wildman–Crippen MR) is 130 cm³/mol. The highest BCUT2D eigenvalue weighted by atomic mass is 35.5. The van der Waals surface area contributed by atoms with Crippen LogP contribution in [0.5, 0.6) is 0 Å². The first kappa shape index (κ1) is 24.3. The highest BCUT2D eigenvalue weighted by Crippen LogP contribution is 2.26. The Morgan fingerprint density at radius 2 is 1.72 bits per heavy atom. The normalized spacial score (nSPS) is 12.4. The maximum absolute atomic E-state index is 13.3. The van der Waals surface area contributed by atoms with Gasteiger partial charge in [0.25, 0.3) is 0 Å². The lowest BCUT2D eigenvalue weighted by Gasteiger charge is -2.21. The van der Waals surface area contributed by atoms with E-state index in [9.17, 15) is 13.2 Å². The van der Waals surface area contributed by atoms with Gasteiger partial charge in [0.05, 0.1) is 5.02 Å². The molecule has 0 aliphatic rings. The van der Waals surface area contributed by atoms with Crippen molar-refractivity contribution in [3.63, 3.8) is 0 Å².